The van der Waals surface area contributed by atoms with E-state index in [9.17, 15) is 0 Å². The summed E-state index contributed by atoms with van der Waals surface area (Å²) in [4.78, 5) is 0. The molecule has 5 unspecified atom stereocenters. The SMILES string of the molecule is COc1ccc2c(c1)CCC1C2CCC2(C)C(OC)CCC12. The molecular weight excluding hydrogens is 272 g/mol. The van der Waals surface area contributed by atoms with Crippen molar-refractivity contribution in [1.29, 1.82) is 0 Å². The van der Waals surface area contributed by atoms with Crippen LogP contribution in [0.5, 0.6) is 5.75 Å². The second-order valence-corrected chi connectivity index (χ2v) is 7.83. The van der Waals surface area contributed by atoms with Gasteiger partial charge in [-0.3, -0.25) is 0 Å². The van der Waals surface area contributed by atoms with Crippen molar-refractivity contribution in [2.45, 2.75) is 57.5 Å². The van der Waals surface area contributed by atoms with E-state index < -0.39 is 0 Å². The summed E-state index contributed by atoms with van der Waals surface area (Å²) in [5.41, 5.74) is 3.56. The van der Waals surface area contributed by atoms with Crippen LogP contribution in [0.1, 0.15) is 56.1 Å². The molecule has 0 spiro atoms. The van der Waals surface area contributed by atoms with Gasteiger partial charge < -0.3 is 9.47 Å². The maximum atomic E-state index is 5.85. The predicted molar refractivity (Wildman–Crippen MR) is 88.4 cm³/mol. The number of fused-ring (bicyclic) bond motifs is 5. The Hall–Kier alpha value is -1.02. The third-order valence-corrected chi connectivity index (χ3v) is 7.13. The second-order valence-electron chi connectivity index (χ2n) is 7.83. The van der Waals surface area contributed by atoms with Gasteiger partial charge in [0, 0.05) is 7.11 Å². The Labute approximate surface area is 134 Å². The van der Waals surface area contributed by atoms with Crippen molar-refractivity contribution in [3.05, 3.63) is 29.3 Å². The van der Waals surface area contributed by atoms with Crippen molar-refractivity contribution in [2.24, 2.45) is 17.3 Å². The predicted octanol–water partition coefficient (Wildman–Crippen LogP) is 4.57. The van der Waals surface area contributed by atoms with Gasteiger partial charge in [-0.25, -0.2) is 0 Å². The Balaban J connectivity index is 1.66. The number of aryl methyl sites for hydroxylation is 1. The molecule has 0 saturated heterocycles. The van der Waals surface area contributed by atoms with E-state index >= 15 is 0 Å². The highest BCUT2D eigenvalue weighted by molar-refractivity contribution is 5.40. The molecule has 3 aliphatic rings. The van der Waals surface area contributed by atoms with Crippen LogP contribution in [0.3, 0.4) is 0 Å². The lowest BCUT2D eigenvalue weighted by Crippen LogP contribution is -2.44. The van der Waals surface area contributed by atoms with Gasteiger partial charge >= 0.3 is 0 Å². The van der Waals surface area contributed by atoms with Crippen molar-refractivity contribution >= 4 is 0 Å². The van der Waals surface area contributed by atoms with Gasteiger partial charge in [-0.1, -0.05) is 13.0 Å². The van der Waals surface area contributed by atoms with Gasteiger partial charge in [0.25, 0.3) is 0 Å². The van der Waals surface area contributed by atoms with Crippen LogP contribution >= 0.6 is 0 Å². The molecule has 0 aliphatic heterocycles. The van der Waals surface area contributed by atoms with Crippen LogP contribution in [0.4, 0.5) is 0 Å². The fraction of sp³-hybridized carbons (Fsp3) is 0.700. The van der Waals surface area contributed by atoms with Crippen LogP contribution in [-0.2, 0) is 11.2 Å². The quantitative estimate of drug-likeness (QED) is 0.796. The molecule has 120 valence electrons. The molecule has 2 heteroatoms. The standard InChI is InChI=1S/C20H28O2/c1-20-11-10-16-15-7-5-14(21-2)12-13(15)4-6-17(16)18(20)8-9-19(20)22-3/h5,7,12,16-19H,4,6,8-11H2,1-3H3. The molecule has 0 heterocycles. The van der Waals surface area contributed by atoms with Crippen LogP contribution < -0.4 is 4.74 Å². The number of benzene rings is 1. The molecule has 0 aromatic heterocycles. The molecule has 3 aliphatic carbocycles. The van der Waals surface area contributed by atoms with Gasteiger partial charge in [-0.2, -0.15) is 0 Å². The van der Waals surface area contributed by atoms with Gasteiger partial charge in [0.1, 0.15) is 5.75 Å². The summed E-state index contributed by atoms with van der Waals surface area (Å²) in [6.45, 7) is 2.50. The number of ether oxygens (including phenoxy) is 2. The minimum atomic E-state index is 0.417. The van der Waals surface area contributed by atoms with E-state index in [-0.39, 0.29) is 0 Å². The van der Waals surface area contributed by atoms with Gasteiger partial charge in [0.2, 0.25) is 0 Å². The van der Waals surface area contributed by atoms with Gasteiger partial charge in [0.15, 0.2) is 0 Å². The molecule has 0 N–H and O–H groups in total. The summed E-state index contributed by atoms with van der Waals surface area (Å²) in [5, 5.41) is 0. The Morgan fingerprint density at radius 1 is 1.09 bits per heavy atom. The molecule has 2 saturated carbocycles. The molecular formula is C20H28O2. The third kappa shape index (κ3) is 1.96. The Bertz CT molecular complexity index is 567. The van der Waals surface area contributed by atoms with Gasteiger partial charge in [0.05, 0.1) is 13.2 Å². The minimum Gasteiger partial charge on any atom is -0.497 e. The Morgan fingerprint density at radius 2 is 1.95 bits per heavy atom. The van der Waals surface area contributed by atoms with Crippen LogP contribution in [0.15, 0.2) is 18.2 Å². The van der Waals surface area contributed by atoms with Crippen LogP contribution in [0.2, 0.25) is 0 Å². The highest BCUT2D eigenvalue weighted by Gasteiger charge is 2.54. The summed E-state index contributed by atoms with van der Waals surface area (Å²) in [7, 11) is 3.68. The first-order valence-electron chi connectivity index (χ1n) is 8.87. The van der Waals surface area contributed by atoms with Crippen LogP contribution in [-0.4, -0.2) is 20.3 Å². The number of hydrogen-bond donors (Lipinski definition) is 0. The first-order chi connectivity index (χ1) is 10.7. The molecule has 2 fully saturated rings. The summed E-state index contributed by atoms with van der Waals surface area (Å²) >= 11 is 0. The van der Waals surface area contributed by atoms with E-state index in [2.05, 4.69) is 25.1 Å². The zero-order chi connectivity index (χ0) is 15.3. The molecule has 0 bridgehead atoms. The molecule has 22 heavy (non-hydrogen) atoms. The smallest absolute Gasteiger partial charge is 0.119 e. The first kappa shape index (κ1) is 14.6. The third-order valence-electron chi connectivity index (χ3n) is 7.13. The molecule has 4 rings (SSSR count). The number of hydrogen-bond acceptors (Lipinski definition) is 2. The van der Waals surface area contributed by atoms with E-state index in [0.29, 0.717) is 11.5 Å². The highest BCUT2D eigenvalue weighted by atomic mass is 16.5. The molecule has 1 aromatic rings. The topological polar surface area (TPSA) is 18.5 Å². The number of rotatable bonds is 2. The van der Waals surface area contributed by atoms with Crippen molar-refractivity contribution in [1.82, 2.24) is 0 Å². The van der Waals surface area contributed by atoms with E-state index in [1.165, 1.54) is 44.1 Å². The fourth-order valence-corrected chi connectivity index (χ4v) is 6.02. The average molecular weight is 300 g/mol. The highest BCUT2D eigenvalue weighted by Crippen LogP contribution is 2.61. The Morgan fingerprint density at radius 3 is 2.73 bits per heavy atom. The lowest BCUT2D eigenvalue weighted by molar-refractivity contribution is -0.0444. The summed E-state index contributed by atoms with van der Waals surface area (Å²) < 4.78 is 11.3. The van der Waals surface area contributed by atoms with E-state index in [4.69, 9.17) is 9.47 Å². The van der Waals surface area contributed by atoms with Crippen molar-refractivity contribution in [2.75, 3.05) is 14.2 Å². The number of methoxy groups -OCH3 is 2. The van der Waals surface area contributed by atoms with Gasteiger partial charge in [-0.15, -0.1) is 0 Å². The van der Waals surface area contributed by atoms with Crippen LogP contribution in [0.25, 0.3) is 0 Å². The maximum Gasteiger partial charge on any atom is 0.119 e. The minimum absolute atomic E-state index is 0.417. The van der Waals surface area contributed by atoms with Gasteiger partial charge in [-0.05, 0) is 85.0 Å². The molecule has 5 atom stereocenters. The lowest BCUT2D eigenvalue weighted by atomic mass is 9.55. The normalized spacial score (nSPS) is 39.8. The molecule has 0 amide bonds. The molecule has 2 nitrogen and oxygen atoms in total. The van der Waals surface area contributed by atoms with Crippen LogP contribution in [0, 0.1) is 17.3 Å². The van der Waals surface area contributed by atoms with E-state index in [1.54, 1.807) is 12.7 Å². The van der Waals surface area contributed by atoms with Crippen molar-refractivity contribution in [3.63, 3.8) is 0 Å². The molecule has 1 aromatic carbocycles. The zero-order valence-electron chi connectivity index (χ0n) is 14.1. The fourth-order valence-electron chi connectivity index (χ4n) is 6.02. The molecule has 0 radical (unpaired) electrons. The zero-order valence-corrected chi connectivity index (χ0v) is 14.1. The van der Waals surface area contributed by atoms with Crippen molar-refractivity contribution in [3.8, 4) is 5.75 Å². The first-order valence-corrected chi connectivity index (χ1v) is 8.87. The maximum absolute atomic E-state index is 5.85. The average Bonchev–Trinajstić information content (AvgIpc) is 2.90. The van der Waals surface area contributed by atoms with E-state index in [0.717, 1.165) is 23.5 Å². The van der Waals surface area contributed by atoms with Crippen molar-refractivity contribution < 1.29 is 9.47 Å². The summed E-state index contributed by atoms with van der Waals surface area (Å²) in [6.07, 6.45) is 8.33. The van der Waals surface area contributed by atoms with E-state index in [1.807, 2.05) is 7.11 Å². The summed E-state index contributed by atoms with van der Waals surface area (Å²) in [6, 6.07) is 6.77. The largest absolute Gasteiger partial charge is 0.497 e. The monoisotopic (exact) mass is 300 g/mol. The second kappa shape index (κ2) is 5.26. The lowest BCUT2D eigenvalue weighted by Gasteiger charge is -2.50. The summed E-state index contributed by atoms with van der Waals surface area (Å²) in [5.74, 6) is 3.49. The Kier molecular flexibility index (Phi) is 3.48.